The predicted molar refractivity (Wildman–Crippen MR) is 141 cm³/mol. The molecular weight excluding hydrogens is 480 g/mol. The lowest BCUT2D eigenvalue weighted by molar-refractivity contribution is -0.141. The highest BCUT2D eigenvalue weighted by molar-refractivity contribution is 7.92. The standard InChI is InChI=1S/C26H26N4O5S/c1-3-35-23(31)16-30(36(2,33)34)20-12-10-19(11-13-20)28-25(17-7-5-4-6-8-17)24-21-15-18(27)9-14-22(21)29-26(24)32/h4-15,29,32H,3,16,27H2,1-2H3. The Hall–Kier alpha value is -4.31. The number of nitrogens with zero attached hydrogens (tertiary/aromatic N) is 2. The maximum absolute atomic E-state index is 12.3. The largest absolute Gasteiger partial charge is 0.494 e. The number of hydrogen-bond acceptors (Lipinski definition) is 7. The Morgan fingerprint density at radius 3 is 2.42 bits per heavy atom. The molecule has 1 heterocycles. The van der Waals surface area contributed by atoms with Crippen LogP contribution >= 0.6 is 0 Å². The van der Waals surface area contributed by atoms with Gasteiger partial charge in [-0.15, -0.1) is 0 Å². The lowest BCUT2D eigenvalue weighted by Gasteiger charge is -2.21. The second kappa shape index (κ2) is 10.1. The molecule has 0 radical (unpaired) electrons. The van der Waals surface area contributed by atoms with Gasteiger partial charge in [0.2, 0.25) is 10.0 Å². The summed E-state index contributed by atoms with van der Waals surface area (Å²) < 4.78 is 30.5. The molecule has 0 saturated heterocycles. The number of nitrogen functional groups attached to an aromatic ring is 1. The van der Waals surface area contributed by atoms with Gasteiger partial charge >= 0.3 is 5.97 Å². The quantitative estimate of drug-likeness (QED) is 0.188. The minimum Gasteiger partial charge on any atom is -0.494 e. The van der Waals surface area contributed by atoms with Gasteiger partial charge in [0, 0.05) is 22.2 Å². The van der Waals surface area contributed by atoms with Crippen LogP contribution in [0, 0.1) is 0 Å². The van der Waals surface area contributed by atoms with Crippen molar-refractivity contribution in [2.75, 3.05) is 29.4 Å². The zero-order valence-electron chi connectivity index (χ0n) is 19.8. The second-order valence-corrected chi connectivity index (χ2v) is 9.98. The number of carbonyl (C=O) groups excluding carboxylic acids is 1. The van der Waals surface area contributed by atoms with E-state index in [9.17, 15) is 18.3 Å². The van der Waals surface area contributed by atoms with Crippen LogP contribution in [0.25, 0.3) is 10.9 Å². The zero-order chi connectivity index (χ0) is 25.9. The Morgan fingerprint density at radius 1 is 1.08 bits per heavy atom. The number of nitrogens with one attached hydrogen (secondary N) is 1. The number of aromatic nitrogens is 1. The number of rotatable bonds is 8. The molecule has 36 heavy (non-hydrogen) atoms. The van der Waals surface area contributed by atoms with E-state index < -0.39 is 22.5 Å². The van der Waals surface area contributed by atoms with Gasteiger partial charge in [-0.3, -0.25) is 9.10 Å². The number of anilines is 2. The molecular formula is C26H26N4O5S. The van der Waals surface area contributed by atoms with Gasteiger partial charge in [-0.2, -0.15) is 0 Å². The molecule has 0 atom stereocenters. The van der Waals surface area contributed by atoms with E-state index in [1.807, 2.05) is 30.3 Å². The number of benzene rings is 3. The van der Waals surface area contributed by atoms with E-state index in [4.69, 9.17) is 15.5 Å². The van der Waals surface area contributed by atoms with Crippen LogP contribution in [0.1, 0.15) is 18.1 Å². The minimum atomic E-state index is -3.73. The Labute approximate surface area is 208 Å². The normalized spacial score (nSPS) is 12.0. The molecule has 4 rings (SSSR count). The first-order chi connectivity index (χ1) is 17.2. The number of carbonyl (C=O) groups is 1. The van der Waals surface area contributed by atoms with Gasteiger partial charge in [0.1, 0.15) is 6.54 Å². The molecule has 4 N–H and O–H groups in total. The summed E-state index contributed by atoms with van der Waals surface area (Å²) in [5, 5.41) is 11.5. The topological polar surface area (TPSA) is 138 Å². The molecule has 0 saturated carbocycles. The fourth-order valence-corrected chi connectivity index (χ4v) is 4.69. The SMILES string of the molecule is CCOC(=O)CN(c1ccc(N=C(c2ccccc2)c2c(O)[nH]c3ccc(N)cc23)cc1)S(C)(=O)=O. The van der Waals surface area contributed by atoms with E-state index in [2.05, 4.69) is 4.98 Å². The highest BCUT2D eigenvalue weighted by Gasteiger charge is 2.22. The summed E-state index contributed by atoms with van der Waals surface area (Å²) >= 11 is 0. The summed E-state index contributed by atoms with van der Waals surface area (Å²) in [5.74, 6) is -0.696. The third kappa shape index (κ3) is 5.33. The Morgan fingerprint density at radius 2 is 1.78 bits per heavy atom. The van der Waals surface area contributed by atoms with Crippen molar-refractivity contribution in [3.05, 3.63) is 83.9 Å². The predicted octanol–water partition coefficient (Wildman–Crippen LogP) is 3.95. The number of hydrogen-bond donors (Lipinski definition) is 3. The number of esters is 1. The Bertz CT molecular complexity index is 1530. The van der Waals surface area contributed by atoms with Crippen molar-refractivity contribution in [1.29, 1.82) is 0 Å². The highest BCUT2D eigenvalue weighted by atomic mass is 32.2. The van der Waals surface area contributed by atoms with Crippen LogP contribution in [-0.4, -0.2) is 49.6 Å². The lowest BCUT2D eigenvalue weighted by Crippen LogP contribution is -2.35. The van der Waals surface area contributed by atoms with E-state index in [1.165, 1.54) is 0 Å². The third-order valence-electron chi connectivity index (χ3n) is 5.44. The van der Waals surface area contributed by atoms with E-state index in [-0.39, 0.29) is 12.5 Å². The average Bonchev–Trinajstić information content (AvgIpc) is 3.16. The number of H-pyrrole nitrogens is 1. The highest BCUT2D eigenvalue weighted by Crippen LogP contribution is 2.33. The summed E-state index contributed by atoms with van der Waals surface area (Å²) in [4.78, 5) is 19.7. The van der Waals surface area contributed by atoms with Crippen molar-refractivity contribution in [2.24, 2.45) is 4.99 Å². The molecule has 4 aromatic rings. The molecule has 0 amide bonds. The first kappa shape index (κ1) is 24.8. The Kier molecular flexibility index (Phi) is 6.98. The number of ether oxygens (including phenoxy) is 1. The summed E-state index contributed by atoms with van der Waals surface area (Å²) in [7, 11) is -3.73. The summed E-state index contributed by atoms with van der Waals surface area (Å²) in [5.41, 5.74) is 9.83. The van der Waals surface area contributed by atoms with Crippen molar-refractivity contribution in [2.45, 2.75) is 6.92 Å². The maximum atomic E-state index is 12.3. The molecule has 9 nitrogen and oxygen atoms in total. The first-order valence-corrected chi connectivity index (χ1v) is 13.0. The lowest BCUT2D eigenvalue weighted by atomic mass is 10.0. The number of fused-ring (bicyclic) bond motifs is 1. The zero-order valence-corrected chi connectivity index (χ0v) is 20.6. The number of nitrogens with two attached hydrogens (primary N) is 1. The van der Waals surface area contributed by atoms with Gasteiger partial charge in [-0.1, -0.05) is 30.3 Å². The molecule has 186 valence electrons. The van der Waals surface area contributed by atoms with Crippen molar-refractivity contribution < 1.29 is 23.1 Å². The second-order valence-electron chi connectivity index (χ2n) is 8.07. The van der Waals surface area contributed by atoms with Crippen molar-refractivity contribution >= 4 is 49.7 Å². The molecule has 0 aliphatic heterocycles. The fourth-order valence-electron chi connectivity index (χ4n) is 3.84. The fraction of sp³-hybridized carbons (Fsp3) is 0.154. The van der Waals surface area contributed by atoms with Gasteiger partial charge in [0.05, 0.1) is 35.5 Å². The maximum Gasteiger partial charge on any atom is 0.326 e. The van der Waals surface area contributed by atoms with Crippen LogP contribution in [0.2, 0.25) is 0 Å². The number of sulfonamides is 1. The van der Waals surface area contributed by atoms with Crippen LogP contribution in [0.5, 0.6) is 5.88 Å². The van der Waals surface area contributed by atoms with Crippen LogP contribution < -0.4 is 10.0 Å². The van der Waals surface area contributed by atoms with Crippen molar-refractivity contribution in [3.8, 4) is 5.88 Å². The molecule has 3 aromatic carbocycles. The minimum absolute atomic E-state index is 0.0486. The summed E-state index contributed by atoms with van der Waals surface area (Å²) in [6, 6.07) is 21.1. The molecule has 1 aromatic heterocycles. The van der Waals surface area contributed by atoms with Crippen LogP contribution in [0.3, 0.4) is 0 Å². The number of aromatic amines is 1. The molecule has 0 fully saturated rings. The monoisotopic (exact) mass is 506 g/mol. The molecule has 0 spiro atoms. The number of aromatic hydroxyl groups is 1. The van der Waals surface area contributed by atoms with E-state index >= 15 is 0 Å². The van der Waals surface area contributed by atoms with Gasteiger partial charge < -0.3 is 20.6 Å². The molecule has 0 bridgehead atoms. The Balaban J connectivity index is 1.79. The van der Waals surface area contributed by atoms with E-state index in [1.54, 1.807) is 49.4 Å². The van der Waals surface area contributed by atoms with Crippen LogP contribution in [0.4, 0.5) is 17.1 Å². The third-order valence-corrected chi connectivity index (χ3v) is 6.58. The van der Waals surface area contributed by atoms with Crippen LogP contribution in [-0.2, 0) is 19.6 Å². The van der Waals surface area contributed by atoms with E-state index in [0.717, 1.165) is 16.1 Å². The first-order valence-electron chi connectivity index (χ1n) is 11.2. The summed E-state index contributed by atoms with van der Waals surface area (Å²) in [6.45, 7) is 1.37. The number of aliphatic imine (C=N–C) groups is 1. The molecule has 10 heteroatoms. The van der Waals surface area contributed by atoms with Gasteiger partial charge in [0.25, 0.3) is 0 Å². The molecule has 0 unspecified atom stereocenters. The van der Waals surface area contributed by atoms with Crippen LogP contribution in [0.15, 0.2) is 77.8 Å². The van der Waals surface area contributed by atoms with Gasteiger partial charge in [0.15, 0.2) is 5.88 Å². The smallest absolute Gasteiger partial charge is 0.326 e. The van der Waals surface area contributed by atoms with Crippen molar-refractivity contribution in [1.82, 2.24) is 4.98 Å². The van der Waals surface area contributed by atoms with Gasteiger partial charge in [-0.25, -0.2) is 13.4 Å². The molecule has 0 aliphatic carbocycles. The molecule has 0 aliphatic rings. The average molecular weight is 507 g/mol. The van der Waals surface area contributed by atoms with Gasteiger partial charge in [-0.05, 0) is 49.4 Å². The van der Waals surface area contributed by atoms with E-state index in [0.29, 0.717) is 39.2 Å². The summed E-state index contributed by atoms with van der Waals surface area (Å²) in [6.07, 6.45) is 1.03. The van der Waals surface area contributed by atoms with Crippen molar-refractivity contribution in [3.63, 3.8) is 0 Å².